The van der Waals surface area contributed by atoms with Gasteiger partial charge in [-0.3, -0.25) is 14.5 Å². The molecule has 0 saturated carbocycles. The van der Waals surface area contributed by atoms with Crippen LogP contribution in [0.5, 0.6) is 17.4 Å². The Bertz CT molecular complexity index is 1300. The number of carbonyl (C=O) groups is 2. The minimum Gasteiger partial charge on any atom is -0.490 e. The molecule has 2 aromatic carbocycles. The number of hydrogen-bond donors (Lipinski definition) is 0. The van der Waals surface area contributed by atoms with Crippen LogP contribution in [-0.4, -0.2) is 32.6 Å². The highest BCUT2D eigenvalue weighted by Gasteiger charge is 2.35. The van der Waals surface area contributed by atoms with Crippen LogP contribution in [0.4, 0.5) is 13.6 Å². The number of halogens is 3. The zero-order chi connectivity index (χ0) is 24.2. The summed E-state index contributed by atoms with van der Waals surface area (Å²) in [5.74, 6) is -1.78. The summed E-state index contributed by atoms with van der Waals surface area (Å²) in [6.45, 7) is 1.87. The summed E-state index contributed by atoms with van der Waals surface area (Å²) in [6, 6.07) is 10.6. The lowest BCUT2D eigenvalue weighted by Crippen LogP contribution is -2.27. The number of thioether (sulfide) groups is 1. The van der Waals surface area contributed by atoms with E-state index in [1.165, 1.54) is 30.3 Å². The molecule has 4 rings (SSSR count). The Morgan fingerprint density at radius 1 is 1.12 bits per heavy atom. The molecular weight excluding hydrogens is 488 g/mol. The summed E-state index contributed by atoms with van der Waals surface area (Å²) in [6.07, 6.45) is 2.40. The summed E-state index contributed by atoms with van der Waals surface area (Å²) < 4.78 is 39.0. The van der Waals surface area contributed by atoms with Crippen molar-refractivity contribution in [1.82, 2.24) is 14.9 Å². The summed E-state index contributed by atoms with van der Waals surface area (Å²) in [5.41, 5.74) is 0.775. The highest BCUT2D eigenvalue weighted by Crippen LogP contribution is 2.37. The van der Waals surface area contributed by atoms with Gasteiger partial charge in [-0.15, -0.1) is 0 Å². The fourth-order valence-electron chi connectivity index (χ4n) is 3.06. The Hall–Kier alpha value is -3.50. The van der Waals surface area contributed by atoms with Gasteiger partial charge < -0.3 is 9.47 Å². The molecule has 0 bridgehead atoms. The molecule has 0 spiro atoms. The summed E-state index contributed by atoms with van der Waals surface area (Å²) in [4.78, 5) is 33.6. The standard InChI is InChI=1S/C23H16ClF2N3O4S/c1-2-32-18-9-13(7-8-17(18)33-20-16(26)11-27-22(24)28-20)10-19-21(30)29(23(31)34-19)12-14-5-3-4-6-15(14)25/h3-11H,2,12H2,1H3/b19-10+. The molecule has 2 amide bonds. The summed E-state index contributed by atoms with van der Waals surface area (Å²) >= 11 is 6.46. The van der Waals surface area contributed by atoms with Crippen molar-refractivity contribution in [3.05, 3.63) is 81.6 Å². The van der Waals surface area contributed by atoms with Gasteiger partial charge in [-0.1, -0.05) is 24.3 Å². The minimum absolute atomic E-state index is 0.167. The number of carbonyl (C=O) groups excluding carboxylic acids is 2. The van der Waals surface area contributed by atoms with Gasteiger partial charge in [0.1, 0.15) is 5.82 Å². The molecule has 1 aromatic heterocycles. The zero-order valence-electron chi connectivity index (χ0n) is 17.6. The number of benzene rings is 2. The van der Waals surface area contributed by atoms with Crippen LogP contribution >= 0.6 is 23.4 Å². The maximum atomic E-state index is 14.0. The van der Waals surface area contributed by atoms with E-state index >= 15 is 0 Å². The first kappa shape index (κ1) is 23.7. The Kier molecular flexibility index (Phi) is 7.09. The molecule has 1 aliphatic heterocycles. The third-order valence-electron chi connectivity index (χ3n) is 4.61. The van der Waals surface area contributed by atoms with E-state index < -0.39 is 22.8 Å². The maximum Gasteiger partial charge on any atom is 0.293 e. The Morgan fingerprint density at radius 3 is 2.68 bits per heavy atom. The number of rotatable bonds is 7. The molecule has 0 N–H and O–H groups in total. The molecule has 11 heteroatoms. The first-order chi connectivity index (χ1) is 16.4. The molecule has 1 saturated heterocycles. The van der Waals surface area contributed by atoms with Crippen LogP contribution in [-0.2, 0) is 11.3 Å². The number of aromatic nitrogens is 2. The lowest BCUT2D eigenvalue weighted by molar-refractivity contribution is -0.123. The van der Waals surface area contributed by atoms with E-state index in [0.29, 0.717) is 5.56 Å². The van der Waals surface area contributed by atoms with Crippen molar-refractivity contribution in [3.63, 3.8) is 0 Å². The van der Waals surface area contributed by atoms with Crippen molar-refractivity contribution in [2.75, 3.05) is 6.61 Å². The summed E-state index contributed by atoms with van der Waals surface area (Å²) in [7, 11) is 0. The average Bonchev–Trinajstić information content (AvgIpc) is 3.07. The van der Waals surface area contributed by atoms with Gasteiger partial charge in [0.15, 0.2) is 11.5 Å². The van der Waals surface area contributed by atoms with Gasteiger partial charge in [0.05, 0.1) is 24.3 Å². The molecule has 34 heavy (non-hydrogen) atoms. The van der Waals surface area contributed by atoms with E-state index in [-0.39, 0.29) is 46.3 Å². The highest BCUT2D eigenvalue weighted by atomic mass is 35.5. The minimum atomic E-state index is -0.806. The van der Waals surface area contributed by atoms with Crippen molar-refractivity contribution in [2.24, 2.45) is 0 Å². The van der Waals surface area contributed by atoms with Gasteiger partial charge in [0, 0.05) is 5.56 Å². The predicted octanol–water partition coefficient (Wildman–Crippen LogP) is 5.84. The van der Waals surface area contributed by atoms with Gasteiger partial charge in [-0.05, 0) is 60.1 Å². The fraction of sp³-hybridized carbons (Fsp3) is 0.130. The average molecular weight is 504 g/mol. The van der Waals surface area contributed by atoms with Crippen LogP contribution in [0.1, 0.15) is 18.1 Å². The molecule has 7 nitrogen and oxygen atoms in total. The molecule has 1 aliphatic rings. The number of nitrogens with zero attached hydrogens (tertiary/aromatic N) is 3. The third-order valence-corrected chi connectivity index (χ3v) is 5.70. The van der Waals surface area contributed by atoms with Gasteiger partial charge >= 0.3 is 0 Å². The fourth-order valence-corrected chi connectivity index (χ4v) is 4.02. The van der Waals surface area contributed by atoms with Crippen molar-refractivity contribution in [3.8, 4) is 17.4 Å². The quantitative estimate of drug-likeness (QED) is 0.296. The Morgan fingerprint density at radius 2 is 1.91 bits per heavy atom. The van der Waals surface area contributed by atoms with Gasteiger partial charge in [-0.25, -0.2) is 9.37 Å². The van der Waals surface area contributed by atoms with Crippen LogP contribution in [0.3, 0.4) is 0 Å². The molecule has 174 valence electrons. The first-order valence-corrected chi connectivity index (χ1v) is 11.2. The topological polar surface area (TPSA) is 81.6 Å². The third kappa shape index (κ3) is 5.18. The van der Waals surface area contributed by atoms with Gasteiger partial charge in [0.25, 0.3) is 17.0 Å². The Balaban J connectivity index is 1.58. The molecule has 3 aromatic rings. The van der Waals surface area contributed by atoms with Crippen LogP contribution in [0, 0.1) is 11.6 Å². The largest absolute Gasteiger partial charge is 0.490 e. The monoisotopic (exact) mass is 503 g/mol. The molecule has 0 aliphatic carbocycles. The van der Waals surface area contributed by atoms with Crippen LogP contribution < -0.4 is 9.47 Å². The SMILES string of the molecule is CCOc1cc(/C=C2/SC(=O)N(Cc3ccccc3F)C2=O)ccc1Oc1nc(Cl)ncc1F. The van der Waals surface area contributed by atoms with Crippen molar-refractivity contribution in [1.29, 1.82) is 0 Å². The lowest BCUT2D eigenvalue weighted by atomic mass is 10.1. The number of amides is 2. The zero-order valence-corrected chi connectivity index (χ0v) is 19.2. The Labute approximate surface area is 202 Å². The number of ether oxygens (including phenoxy) is 2. The van der Waals surface area contributed by atoms with E-state index in [2.05, 4.69) is 9.97 Å². The second-order valence-electron chi connectivity index (χ2n) is 6.89. The molecule has 2 heterocycles. The number of imide groups is 1. The van der Waals surface area contributed by atoms with E-state index in [9.17, 15) is 18.4 Å². The van der Waals surface area contributed by atoms with Crippen LogP contribution in [0.25, 0.3) is 6.08 Å². The van der Waals surface area contributed by atoms with E-state index in [4.69, 9.17) is 21.1 Å². The second-order valence-corrected chi connectivity index (χ2v) is 8.22. The second kappa shape index (κ2) is 10.2. The molecule has 0 radical (unpaired) electrons. The number of hydrogen-bond acceptors (Lipinski definition) is 7. The van der Waals surface area contributed by atoms with Gasteiger partial charge in [0.2, 0.25) is 11.1 Å². The predicted molar refractivity (Wildman–Crippen MR) is 123 cm³/mol. The van der Waals surface area contributed by atoms with E-state index in [1.54, 1.807) is 25.1 Å². The van der Waals surface area contributed by atoms with E-state index in [1.807, 2.05) is 0 Å². The van der Waals surface area contributed by atoms with Crippen LogP contribution in [0.15, 0.2) is 53.6 Å². The highest BCUT2D eigenvalue weighted by molar-refractivity contribution is 8.18. The van der Waals surface area contributed by atoms with Crippen molar-refractivity contribution < 1.29 is 27.8 Å². The first-order valence-electron chi connectivity index (χ1n) is 9.97. The molecule has 0 unspecified atom stereocenters. The smallest absolute Gasteiger partial charge is 0.293 e. The maximum absolute atomic E-state index is 14.0. The molecule has 1 fully saturated rings. The van der Waals surface area contributed by atoms with Gasteiger partial charge in [-0.2, -0.15) is 9.37 Å². The normalized spacial score (nSPS) is 14.7. The molecule has 0 atom stereocenters. The summed E-state index contributed by atoms with van der Waals surface area (Å²) in [5, 5.41) is -0.683. The van der Waals surface area contributed by atoms with Crippen molar-refractivity contribution in [2.45, 2.75) is 13.5 Å². The lowest BCUT2D eigenvalue weighted by Gasteiger charge is -2.13. The van der Waals surface area contributed by atoms with E-state index in [0.717, 1.165) is 22.9 Å². The molecular formula is C23H16ClF2N3O4S. The van der Waals surface area contributed by atoms with Crippen LogP contribution in [0.2, 0.25) is 5.28 Å². The van der Waals surface area contributed by atoms with Crippen molar-refractivity contribution >= 4 is 40.6 Å².